The molecule has 0 aliphatic rings. The molecule has 126 valence electrons. The zero-order valence-corrected chi connectivity index (χ0v) is 15.0. The number of fused-ring (bicyclic) bond motifs is 1. The van der Waals surface area contributed by atoms with E-state index in [1.807, 2.05) is 17.5 Å². The van der Waals surface area contributed by atoms with E-state index in [4.69, 9.17) is 26.4 Å². The first kappa shape index (κ1) is 16.5. The zero-order valence-electron chi connectivity index (χ0n) is 13.4. The normalized spacial score (nSPS) is 10.8. The van der Waals surface area contributed by atoms with E-state index in [0.717, 1.165) is 4.88 Å². The Hall–Kier alpha value is -2.32. The number of nitrogens with zero attached hydrogens (tertiary/aromatic N) is 1. The number of thiophene rings is 1. The molecule has 0 spiro atoms. The van der Waals surface area contributed by atoms with Gasteiger partial charge in [-0.15, -0.1) is 11.3 Å². The summed E-state index contributed by atoms with van der Waals surface area (Å²) in [4.78, 5) is 17.1. The van der Waals surface area contributed by atoms with Gasteiger partial charge in [-0.1, -0.05) is 6.07 Å². The van der Waals surface area contributed by atoms with Crippen molar-refractivity contribution in [2.75, 3.05) is 21.3 Å². The quantitative estimate of drug-likeness (QED) is 0.705. The molecule has 0 saturated carbocycles. The van der Waals surface area contributed by atoms with E-state index < -0.39 is 0 Å². The van der Waals surface area contributed by atoms with Crippen LogP contribution in [0.3, 0.4) is 0 Å². The van der Waals surface area contributed by atoms with Crippen LogP contribution in [-0.4, -0.2) is 30.9 Å². The Kier molecular flexibility index (Phi) is 4.59. The highest BCUT2D eigenvalue weighted by molar-refractivity contribution is 7.71. The second-order valence-electron chi connectivity index (χ2n) is 4.97. The van der Waals surface area contributed by atoms with Gasteiger partial charge >= 0.3 is 0 Å². The van der Waals surface area contributed by atoms with Gasteiger partial charge in [-0.25, -0.2) is 0 Å². The van der Waals surface area contributed by atoms with Crippen LogP contribution in [0.4, 0.5) is 0 Å². The van der Waals surface area contributed by atoms with Gasteiger partial charge in [-0.2, -0.15) is 0 Å². The molecule has 0 fully saturated rings. The summed E-state index contributed by atoms with van der Waals surface area (Å²) in [5, 5.41) is 2.39. The van der Waals surface area contributed by atoms with Crippen molar-refractivity contribution in [1.29, 1.82) is 0 Å². The highest BCUT2D eigenvalue weighted by Gasteiger charge is 2.19. The third-order valence-electron chi connectivity index (χ3n) is 3.68. The second kappa shape index (κ2) is 6.66. The van der Waals surface area contributed by atoms with Gasteiger partial charge in [0.15, 0.2) is 16.3 Å². The lowest BCUT2D eigenvalue weighted by Crippen LogP contribution is -2.22. The van der Waals surface area contributed by atoms with Crippen molar-refractivity contribution >= 4 is 34.5 Å². The molecule has 0 aliphatic heterocycles. The van der Waals surface area contributed by atoms with Crippen molar-refractivity contribution in [3.63, 3.8) is 0 Å². The zero-order chi connectivity index (χ0) is 17.3. The lowest BCUT2D eigenvalue weighted by atomic mass is 10.2. The average molecular weight is 364 g/mol. The van der Waals surface area contributed by atoms with Crippen molar-refractivity contribution < 1.29 is 14.2 Å². The van der Waals surface area contributed by atoms with Crippen molar-refractivity contribution in [3.8, 4) is 17.2 Å². The molecule has 2 aromatic heterocycles. The van der Waals surface area contributed by atoms with Crippen LogP contribution in [0, 0.1) is 4.77 Å². The molecule has 0 amide bonds. The summed E-state index contributed by atoms with van der Waals surface area (Å²) in [6.07, 6.45) is 0. The molecular formula is C16H16N2O4S2. The summed E-state index contributed by atoms with van der Waals surface area (Å²) in [5.41, 5.74) is 0.286. The fourth-order valence-electron chi connectivity index (χ4n) is 2.56. The minimum Gasteiger partial charge on any atom is -0.493 e. The van der Waals surface area contributed by atoms with Crippen LogP contribution >= 0.6 is 23.6 Å². The molecule has 3 rings (SSSR count). The summed E-state index contributed by atoms with van der Waals surface area (Å²) < 4.78 is 17.9. The van der Waals surface area contributed by atoms with E-state index in [-0.39, 0.29) is 5.56 Å². The van der Waals surface area contributed by atoms with Gasteiger partial charge in [-0.3, -0.25) is 9.36 Å². The summed E-state index contributed by atoms with van der Waals surface area (Å²) in [6, 6.07) is 5.54. The Morgan fingerprint density at radius 3 is 2.54 bits per heavy atom. The van der Waals surface area contributed by atoms with E-state index in [0.29, 0.717) is 39.5 Å². The summed E-state index contributed by atoms with van der Waals surface area (Å²) in [7, 11) is 4.53. The van der Waals surface area contributed by atoms with E-state index in [2.05, 4.69) is 4.98 Å². The number of ether oxygens (including phenoxy) is 3. The highest BCUT2D eigenvalue weighted by atomic mass is 32.1. The van der Waals surface area contributed by atoms with Crippen LogP contribution in [-0.2, 0) is 6.54 Å². The smallest absolute Gasteiger partial charge is 0.262 e. The molecule has 6 nitrogen and oxygen atoms in total. The maximum absolute atomic E-state index is 12.9. The molecule has 0 aliphatic carbocycles. The number of hydrogen-bond acceptors (Lipinski definition) is 6. The van der Waals surface area contributed by atoms with Gasteiger partial charge < -0.3 is 19.2 Å². The summed E-state index contributed by atoms with van der Waals surface area (Å²) in [5.74, 6) is 1.22. The summed E-state index contributed by atoms with van der Waals surface area (Å²) >= 11 is 6.95. The molecular weight excluding hydrogens is 348 g/mol. The van der Waals surface area contributed by atoms with Gasteiger partial charge in [-0.05, 0) is 29.7 Å². The van der Waals surface area contributed by atoms with Gasteiger partial charge in [0.05, 0.1) is 33.3 Å². The maximum Gasteiger partial charge on any atom is 0.262 e. The van der Waals surface area contributed by atoms with Gasteiger partial charge in [0, 0.05) is 4.88 Å². The number of H-pyrrole nitrogens is 1. The van der Waals surface area contributed by atoms with Crippen molar-refractivity contribution in [3.05, 3.63) is 43.6 Å². The van der Waals surface area contributed by atoms with Gasteiger partial charge in [0.25, 0.3) is 5.56 Å². The maximum atomic E-state index is 12.9. The molecule has 0 radical (unpaired) electrons. The Morgan fingerprint density at radius 2 is 1.96 bits per heavy atom. The lowest BCUT2D eigenvalue weighted by Gasteiger charge is -2.15. The lowest BCUT2D eigenvalue weighted by molar-refractivity contribution is 0.326. The standard InChI is InChI=1S/C16H16N2O4S2/c1-20-11-7-10-12(14(22-3)13(11)21-2)17-16(23)18(15(10)19)8-9-5-4-6-24-9/h4-7H,8H2,1-3H3,(H,17,23). The van der Waals surface area contributed by atoms with E-state index >= 15 is 0 Å². The van der Waals surface area contributed by atoms with Gasteiger partial charge in [0.1, 0.15) is 5.52 Å². The van der Waals surface area contributed by atoms with Crippen LogP contribution in [0.25, 0.3) is 10.9 Å². The molecule has 24 heavy (non-hydrogen) atoms. The topological polar surface area (TPSA) is 65.5 Å². The highest BCUT2D eigenvalue weighted by Crippen LogP contribution is 2.41. The third kappa shape index (κ3) is 2.67. The first-order chi connectivity index (χ1) is 11.6. The van der Waals surface area contributed by atoms with Crippen LogP contribution in [0.5, 0.6) is 17.2 Å². The Balaban J connectivity index is 2.32. The SMILES string of the molecule is COc1cc2c(=O)n(Cc3cccs3)c(=S)[nH]c2c(OC)c1OC. The average Bonchev–Trinajstić information content (AvgIpc) is 3.10. The van der Waals surface area contributed by atoms with Crippen molar-refractivity contribution in [2.24, 2.45) is 0 Å². The van der Waals surface area contributed by atoms with Gasteiger partial charge in [0.2, 0.25) is 5.75 Å². The predicted octanol–water partition coefficient (Wildman–Crippen LogP) is 3.19. The number of nitrogens with one attached hydrogen (secondary N) is 1. The van der Waals surface area contributed by atoms with Crippen molar-refractivity contribution in [1.82, 2.24) is 9.55 Å². The largest absolute Gasteiger partial charge is 0.493 e. The second-order valence-corrected chi connectivity index (χ2v) is 6.39. The third-order valence-corrected chi connectivity index (χ3v) is 4.86. The molecule has 1 N–H and O–H groups in total. The van der Waals surface area contributed by atoms with Crippen LogP contribution in [0.15, 0.2) is 28.4 Å². The minimum absolute atomic E-state index is 0.207. The van der Waals surface area contributed by atoms with Crippen LogP contribution < -0.4 is 19.8 Å². The minimum atomic E-state index is -0.207. The van der Waals surface area contributed by atoms with E-state index in [1.54, 1.807) is 17.4 Å². The number of hydrogen-bond donors (Lipinski definition) is 1. The molecule has 0 saturated heterocycles. The Bertz CT molecular complexity index is 990. The first-order valence-electron chi connectivity index (χ1n) is 7.08. The number of aromatic amines is 1. The number of aromatic nitrogens is 2. The molecule has 1 aromatic carbocycles. The molecule has 0 unspecified atom stereocenters. The predicted molar refractivity (Wildman–Crippen MR) is 96.5 cm³/mol. The van der Waals surface area contributed by atoms with Crippen LogP contribution in [0.2, 0.25) is 0 Å². The van der Waals surface area contributed by atoms with E-state index in [1.165, 1.54) is 25.9 Å². The van der Waals surface area contributed by atoms with E-state index in [9.17, 15) is 4.79 Å². The molecule has 2 heterocycles. The number of rotatable bonds is 5. The summed E-state index contributed by atoms with van der Waals surface area (Å²) in [6.45, 7) is 0.415. The Morgan fingerprint density at radius 1 is 1.21 bits per heavy atom. The fourth-order valence-corrected chi connectivity index (χ4v) is 3.51. The monoisotopic (exact) mass is 364 g/mol. The van der Waals surface area contributed by atoms with Crippen molar-refractivity contribution in [2.45, 2.75) is 6.54 Å². The Labute approximate surface area is 147 Å². The number of methoxy groups -OCH3 is 3. The number of benzene rings is 1. The molecule has 8 heteroatoms. The van der Waals surface area contributed by atoms with Crippen LogP contribution in [0.1, 0.15) is 4.88 Å². The molecule has 0 bridgehead atoms. The first-order valence-corrected chi connectivity index (χ1v) is 8.37. The molecule has 3 aromatic rings. The fraction of sp³-hybridized carbons (Fsp3) is 0.250. The molecule has 0 atom stereocenters.